The van der Waals surface area contributed by atoms with Crippen LogP contribution < -0.4 is 14.8 Å². The van der Waals surface area contributed by atoms with Gasteiger partial charge in [0.15, 0.2) is 12.5 Å². The summed E-state index contributed by atoms with van der Waals surface area (Å²) in [5.74, 6) is -0.445. The topological polar surface area (TPSA) is 90.4 Å². The molecule has 132 valence electrons. The summed E-state index contributed by atoms with van der Waals surface area (Å²) in [5, 5.41) is 3.18. The molecule has 1 saturated heterocycles. The Kier molecular flexibility index (Phi) is 4.78. The van der Waals surface area contributed by atoms with Crippen molar-refractivity contribution in [3.8, 4) is 11.6 Å². The van der Waals surface area contributed by atoms with Crippen molar-refractivity contribution in [2.75, 3.05) is 13.7 Å². The molecule has 0 radical (unpaired) electrons. The van der Waals surface area contributed by atoms with Gasteiger partial charge in [-0.25, -0.2) is 14.4 Å². The Balaban J connectivity index is 1.86. The van der Waals surface area contributed by atoms with Gasteiger partial charge >= 0.3 is 0 Å². The van der Waals surface area contributed by atoms with Gasteiger partial charge in [0, 0.05) is 12.1 Å². The number of rotatable bonds is 6. The third-order valence-corrected chi connectivity index (χ3v) is 4.37. The molecule has 0 aliphatic carbocycles. The number of nitrogens with zero attached hydrogens (tertiary/aromatic N) is 2. The van der Waals surface area contributed by atoms with Crippen molar-refractivity contribution >= 4 is 23.1 Å². The van der Waals surface area contributed by atoms with E-state index in [0.29, 0.717) is 29.4 Å². The Hall–Kier alpha value is -2.77. The smallest absolute Gasteiger partial charge is 0.255 e. The van der Waals surface area contributed by atoms with E-state index in [1.165, 1.54) is 13.3 Å². The van der Waals surface area contributed by atoms with Gasteiger partial charge in [0.2, 0.25) is 5.88 Å². The molecule has 2 aromatic heterocycles. The van der Waals surface area contributed by atoms with Crippen LogP contribution in [0.25, 0.3) is 10.9 Å². The number of carbonyl (C=O) groups excluding carboxylic acids is 2. The Morgan fingerprint density at radius 1 is 1.44 bits per heavy atom. The second kappa shape index (κ2) is 7.00. The van der Waals surface area contributed by atoms with Gasteiger partial charge in [0.25, 0.3) is 5.91 Å². The maximum absolute atomic E-state index is 13.9. The zero-order valence-corrected chi connectivity index (χ0v) is 13.9. The van der Waals surface area contributed by atoms with E-state index in [9.17, 15) is 14.0 Å². The zero-order chi connectivity index (χ0) is 18.0. The first kappa shape index (κ1) is 17.1. The molecule has 8 heteroatoms. The van der Waals surface area contributed by atoms with Crippen molar-refractivity contribution in [1.29, 1.82) is 0 Å². The molecule has 1 aliphatic rings. The zero-order valence-electron chi connectivity index (χ0n) is 13.9. The molecular weight excluding hydrogens is 329 g/mol. The number of nitrogens with one attached hydrogen (secondary N) is 1. The molecule has 3 rings (SSSR count). The molecule has 1 amide bonds. The lowest BCUT2D eigenvalue weighted by atomic mass is 9.97. The third-order valence-electron chi connectivity index (χ3n) is 4.37. The van der Waals surface area contributed by atoms with Gasteiger partial charge in [0.05, 0.1) is 24.1 Å². The molecule has 0 aromatic carbocycles. The fraction of sp³-hybridized carbons (Fsp3) is 0.412. The second-order valence-electron chi connectivity index (χ2n) is 5.78. The van der Waals surface area contributed by atoms with E-state index in [1.807, 2.05) is 6.92 Å². The number of alkyl halides is 1. The first-order valence-electron chi connectivity index (χ1n) is 7.95. The van der Waals surface area contributed by atoms with Crippen LogP contribution in [-0.4, -0.2) is 48.1 Å². The van der Waals surface area contributed by atoms with Gasteiger partial charge in [-0.2, -0.15) is 0 Å². The summed E-state index contributed by atoms with van der Waals surface area (Å²) in [6, 6.07) is 2.85. The standard InChI is InChI=1S/C17H18FN3O4/c1-3-9-13(21-16(23)15(9)18)8-25-17-10-6-14(24-2)12(7-22)20-11(10)4-5-19-17/h4-7,9,13,15H,3,8H2,1-2H3,(H,21,23). The maximum Gasteiger partial charge on any atom is 0.255 e. The van der Waals surface area contributed by atoms with E-state index in [-0.39, 0.29) is 18.2 Å². The number of hydrogen-bond acceptors (Lipinski definition) is 6. The number of methoxy groups -OCH3 is 1. The Bertz CT molecular complexity index is 814. The number of aromatic nitrogens is 2. The largest absolute Gasteiger partial charge is 0.494 e. The number of fused-ring (bicyclic) bond motifs is 1. The van der Waals surface area contributed by atoms with Crippen LogP contribution in [0.15, 0.2) is 18.3 Å². The fourth-order valence-electron chi connectivity index (χ4n) is 3.02. The molecule has 3 atom stereocenters. The number of halogens is 1. The monoisotopic (exact) mass is 347 g/mol. The van der Waals surface area contributed by atoms with E-state index in [0.717, 1.165) is 0 Å². The number of hydrogen-bond donors (Lipinski definition) is 1. The number of pyridine rings is 2. The van der Waals surface area contributed by atoms with Crippen LogP contribution in [0, 0.1) is 5.92 Å². The van der Waals surface area contributed by atoms with Crippen LogP contribution in [-0.2, 0) is 4.79 Å². The minimum atomic E-state index is -1.52. The van der Waals surface area contributed by atoms with E-state index in [1.54, 1.807) is 12.1 Å². The number of ether oxygens (including phenoxy) is 2. The summed E-state index contributed by atoms with van der Waals surface area (Å²) in [7, 11) is 1.44. The van der Waals surface area contributed by atoms with Crippen LogP contribution >= 0.6 is 0 Å². The molecule has 0 spiro atoms. The Morgan fingerprint density at radius 3 is 2.92 bits per heavy atom. The van der Waals surface area contributed by atoms with Crippen LogP contribution in [0.5, 0.6) is 11.6 Å². The average Bonchev–Trinajstić information content (AvgIpc) is 2.91. The van der Waals surface area contributed by atoms with E-state index >= 15 is 0 Å². The summed E-state index contributed by atoms with van der Waals surface area (Å²) < 4.78 is 24.7. The van der Waals surface area contributed by atoms with Crippen molar-refractivity contribution < 1.29 is 23.5 Å². The molecule has 2 aromatic rings. The summed E-state index contributed by atoms with van der Waals surface area (Å²) >= 11 is 0. The van der Waals surface area contributed by atoms with Gasteiger partial charge < -0.3 is 14.8 Å². The molecule has 0 bridgehead atoms. The molecule has 3 unspecified atom stereocenters. The third kappa shape index (κ3) is 3.11. The molecule has 25 heavy (non-hydrogen) atoms. The van der Waals surface area contributed by atoms with Gasteiger partial charge in [-0.1, -0.05) is 6.92 Å². The predicted octanol–water partition coefficient (Wildman–Crippen LogP) is 1.69. The summed E-state index contributed by atoms with van der Waals surface area (Å²) in [4.78, 5) is 31.0. The highest BCUT2D eigenvalue weighted by Crippen LogP contribution is 2.29. The highest BCUT2D eigenvalue weighted by atomic mass is 19.1. The van der Waals surface area contributed by atoms with Crippen molar-refractivity contribution in [3.63, 3.8) is 0 Å². The van der Waals surface area contributed by atoms with Gasteiger partial charge in [-0.3, -0.25) is 9.59 Å². The normalized spacial score (nSPS) is 22.7. The minimum Gasteiger partial charge on any atom is -0.494 e. The van der Waals surface area contributed by atoms with Crippen LogP contribution in [0.3, 0.4) is 0 Å². The quantitative estimate of drug-likeness (QED) is 0.800. The van der Waals surface area contributed by atoms with Gasteiger partial charge in [-0.15, -0.1) is 0 Å². The lowest BCUT2D eigenvalue weighted by molar-refractivity contribution is -0.123. The van der Waals surface area contributed by atoms with Gasteiger partial charge in [0.1, 0.15) is 18.1 Å². The Labute approximate surface area is 143 Å². The lowest BCUT2D eigenvalue weighted by Crippen LogP contribution is -2.34. The number of carbonyl (C=O) groups is 2. The van der Waals surface area contributed by atoms with Crippen molar-refractivity contribution in [2.45, 2.75) is 25.6 Å². The number of aldehydes is 1. The van der Waals surface area contributed by atoms with E-state index < -0.39 is 24.0 Å². The second-order valence-corrected chi connectivity index (χ2v) is 5.78. The Morgan fingerprint density at radius 2 is 2.24 bits per heavy atom. The molecule has 7 nitrogen and oxygen atoms in total. The van der Waals surface area contributed by atoms with Gasteiger partial charge in [-0.05, 0) is 18.6 Å². The fourth-order valence-corrected chi connectivity index (χ4v) is 3.02. The van der Waals surface area contributed by atoms with Crippen molar-refractivity contribution in [1.82, 2.24) is 15.3 Å². The van der Waals surface area contributed by atoms with Crippen LogP contribution in [0.2, 0.25) is 0 Å². The van der Waals surface area contributed by atoms with E-state index in [2.05, 4.69) is 15.3 Å². The van der Waals surface area contributed by atoms with Crippen molar-refractivity contribution in [2.24, 2.45) is 5.92 Å². The lowest BCUT2D eigenvalue weighted by Gasteiger charge is -2.18. The molecule has 1 N–H and O–H groups in total. The van der Waals surface area contributed by atoms with Crippen LogP contribution in [0.4, 0.5) is 4.39 Å². The first-order chi connectivity index (χ1) is 12.1. The molecule has 0 saturated carbocycles. The van der Waals surface area contributed by atoms with Crippen molar-refractivity contribution in [3.05, 3.63) is 24.0 Å². The molecule has 1 fully saturated rings. The molecule has 1 aliphatic heterocycles. The van der Waals surface area contributed by atoms with E-state index in [4.69, 9.17) is 9.47 Å². The summed E-state index contributed by atoms with van der Waals surface area (Å²) in [5.41, 5.74) is 0.709. The highest BCUT2D eigenvalue weighted by molar-refractivity contribution is 5.89. The van der Waals surface area contributed by atoms with Crippen LogP contribution in [0.1, 0.15) is 23.8 Å². The summed E-state index contributed by atoms with van der Waals surface area (Å²) in [6.45, 7) is 1.92. The summed E-state index contributed by atoms with van der Waals surface area (Å²) in [6.07, 6.45) is 1.12. The maximum atomic E-state index is 13.9. The predicted molar refractivity (Wildman–Crippen MR) is 87.6 cm³/mol. The highest BCUT2D eigenvalue weighted by Gasteiger charge is 2.41. The first-order valence-corrected chi connectivity index (χ1v) is 7.95. The average molecular weight is 347 g/mol. The minimum absolute atomic E-state index is 0.0918. The number of amides is 1. The molecule has 3 heterocycles. The molecular formula is C17H18FN3O4. The SMILES string of the molecule is CCC1C(COc2nccc3nc(C=O)c(OC)cc23)NC(=O)C1F.